The van der Waals surface area contributed by atoms with Crippen molar-refractivity contribution in [1.82, 2.24) is 9.97 Å². The molecule has 0 fully saturated rings. The molecule has 2 N–H and O–H groups in total. The van der Waals surface area contributed by atoms with Gasteiger partial charge in [0.1, 0.15) is 11.6 Å². The van der Waals surface area contributed by atoms with Crippen molar-refractivity contribution in [2.75, 3.05) is 0 Å². The van der Waals surface area contributed by atoms with Crippen molar-refractivity contribution in [3.8, 4) is 17.0 Å². The Morgan fingerprint density at radius 3 is 2.70 bits per heavy atom. The molecule has 20 heavy (non-hydrogen) atoms. The second-order valence-electron chi connectivity index (χ2n) is 4.41. The van der Waals surface area contributed by atoms with Crippen molar-refractivity contribution >= 4 is 6.29 Å². The smallest absolute Gasteiger partial charge is 0.153 e. The van der Waals surface area contributed by atoms with Crippen LogP contribution in [0, 0.1) is 12.7 Å². The molecule has 1 aromatic heterocycles. The van der Waals surface area contributed by atoms with Crippen LogP contribution in [-0.4, -0.2) is 26.5 Å². The predicted molar refractivity (Wildman–Crippen MR) is 69.8 cm³/mol. The van der Waals surface area contributed by atoms with Gasteiger partial charge in [0.25, 0.3) is 0 Å². The van der Waals surface area contributed by atoms with Crippen LogP contribution in [-0.2, 0) is 0 Å². The molecule has 0 aliphatic rings. The van der Waals surface area contributed by atoms with E-state index in [1.807, 2.05) is 0 Å². The number of aryl methyl sites for hydroxylation is 1. The van der Waals surface area contributed by atoms with E-state index in [1.54, 1.807) is 6.92 Å². The quantitative estimate of drug-likeness (QED) is 0.839. The molecule has 0 saturated carbocycles. The predicted octanol–water partition coefficient (Wildman–Crippen LogP) is 2.16. The first-order valence-electron chi connectivity index (χ1n) is 5.93. The van der Waals surface area contributed by atoms with Gasteiger partial charge in [-0.05, 0) is 26.0 Å². The van der Waals surface area contributed by atoms with Crippen molar-refractivity contribution in [3.05, 3.63) is 41.1 Å². The lowest BCUT2D eigenvalue weighted by Crippen LogP contribution is -2.03. The minimum absolute atomic E-state index is 0.0162. The van der Waals surface area contributed by atoms with Crippen LogP contribution < -0.4 is 0 Å². The highest BCUT2D eigenvalue weighted by atomic mass is 19.1. The maximum atomic E-state index is 13.9. The monoisotopic (exact) mass is 276 g/mol. The van der Waals surface area contributed by atoms with Crippen LogP contribution in [0.15, 0.2) is 18.3 Å². The lowest BCUT2D eigenvalue weighted by Gasteiger charge is -2.10. The van der Waals surface area contributed by atoms with Gasteiger partial charge in [-0.2, -0.15) is 0 Å². The molecule has 0 bridgehead atoms. The molecule has 104 valence electrons. The van der Waals surface area contributed by atoms with Gasteiger partial charge in [0, 0.05) is 5.56 Å². The number of phenols is 1. The number of aliphatic hydroxyl groups excluding tert-OH is 1. The Kier molecular flexibility index (Phi) is 3.76. The van der Waals surface area contributed by atoms with E-state index in [1.165, 1.54) is 13.1 Å². The first kappa shape index (κ1) is 14.1. The van der Waals surface area contributed by atoms with Gasteiger partial charge in [-0.25, -0.2) is 9.37 Å². The third kappa shape index (κ3) is 2.50. The molecule has 0 amide bonds. The SMILES string of the molecule is Cc1ncc(-c2cc(O)c(C=O)cc2F)nc1C(C)O. The zero-order valence-corrected chi connectivity index (χ0v) is 11.0. The number of aromatic nitrogens is 2. The first-order valence-corrected chi connectivity index (χ1v) is 5.93. The molecule has 5 nitrogen and oxygen atoms in total. The van der Waals surface area contributed by atoms with E-state index >= 15 is 0 Å². The van der Waals surface area contributed by atoms with Crippen molar-refractivity contribution < 1.29 is 19.4 Å². The van der Waals surface area contributed by atoms with Crippen molar-refractivity contribution in [2.45, 2.75) is 20.0 Å². The standard InChI is InChI=1S/C14H13FN2O3/c1-7-14(8(2)19)17-12(5-16-7)10-4-13(20)9(6-18)3-11(10)15/h3-6,8,19-20H,1-2H3. The highest BCUT2D eigenvalue weighted by Crippen LogP contribution is 2.28. The van der Waals surface area contributed by atoms with Gasteiger partial charge in [0.2, 0.25) is 0 Å². The Labute approximate surface area is 114 Å². The fourth-order valence-electron chi connectivity index (χ4n) is 1.86. The summed E-state index contributed by atoms with van der Waals surface area (Å²) in [5.41, 5.74) is 0.931. The third-order valence-electron chi connectivity index (χ3n) is 2.91. The second-order valence-corrected chi connectivity index (χ2v) is 4.41. The summed E-state index contributed by atoms with van der Waals surface area (Å²) in [4.78, 5) is 18.8. The second kappa shape index (κ2) is 5.34. The molecule has 0 saturated heterocycles. The number of halogens is 1. The van der Waals surface area contributed by atoms with Crippen molar-refractivity contribution in [1.29, 1.82) is 0 Å². The van der Waals surface area contributed by atoms with Crippen LogP contribution in [0.2, 0.25) is 0 Å². The number of hydrogen-bond acceptors (Lipinski definition) is 5. The number of rotatable bonds is 3. The third-order valence-corrected chi connectivity index (χ3v) is 2.91. The molecule has 1 atom stereocenters. The number of phenolic OH excluding ortho intramolecular Hbond substituents is 1. The van der Waals surface area contributed by atoms with E-state index in [-0.39, 0.29) is 22.6 Å². The summed E-state index contributed by atoms with van der Waals surface area (Å²) in [6.45, 7) is 3.21. The maximum Gasteiger partial charge on any atom is 0.153 e. The first-order chi connectivity index (χ1) is 9.43. The summed E-state index contributed by atoms with van der Waals surface area (Å²) in [5, 5.41) is 19.2. The van der Waals surface area contributed by atoms with E-state index in [9.17, 15) is 19.4 Å². The van der Waals surface area contributed by atoms with Crippen LogP contribution in [0.5, 0.6) is 5.75 Å². The van der Waals surface area contributed by atoms with E-state index in [4.69, 9.17) is 0 Å². The van der Waals surface area contributed by atoms with Crippen LogP contribution in [0.3, 0.4) is 0 Å². The molecule has 0 radical (unpaired) electrons. The van der Waals surface area contributed by atoms with Gasteiger partial charge in [-0.15, -0.1) is 0 Å². The zero-order chi connectivity index (χ0) is 14.9. The van der Waals surface area contributed by atoms with E-state index in [0.29, 0.717) is 17.7 Å². The molecule has 0 aliphatic carbocycles. The fraction of sp³-hybridized carbons (Fsp3) is 0.214. The highest BCUT2D eigenvalue weighted by Gasteiger charge is 2.15. The zero-order valence-electron chi connectivity index (χ0n) is 11.0. The number of aromatic hydroxyl groups is 1. The number of aldehydes is 1. The summed E-state index contributed by atoms with van der Waals surface area (Å²) >= 11 is 0. The van der Waals surface area contributed by atoms with Crippen molar-refractivity contribution in [2.24, 2.45) is 0 Å². The lowest BCUT2D eigenvalue weighted by molar-refractivity contribution is 0.112. The molecular formula is C14H13FN2O3. The Morgan fingerprint density at radius 1 is 1.40 bits per heavy atom. The van der Waals surface area contributed by atoms with Crippen LogP contribution in [0.1, 0.15) is 34.8 Å². The highest BCUT2D eigenvalue weighted by molar-refractivity contribution is 5.81. The van der Waals surface area contributed by atoms with Gasteiger partial charge in [-0.1, -0.05) is 0 Å². The Bertz CT molecular complexity index is 672. The maximum absolute atomic E-state index is 13.9. The minimum Gasteiger partial charge on any atom is -0.507 e. The van der Waals surface area contributed by atoms with Gasteiger partial charge < -0.3 is 10.2 Å². The molecule has 1 heterocycles. The fourth-order valence-corrected chi connectivity index (χ4v) is 1.86. The molecule has 2 rings (SSSR count). The van der Waals surface area contributed by atoms with E-state index in [2.05, 4.69) is 9.97 Å². The molecule has 1 unspecified atom stereocenters. The Balaban J connectivity index is 2.60. The molecule has 1 aromatic carbocycles. The van der Waals surface area contributed by atoms with Crippen LogP contribution >= 0.6 is 0 Å². The van der Waals surface area contributed by atoms with Gasteiger partial charge in [0.05, 0.1) is 34.9 Å². The number of hydrogen-bond donors (Lipinski definition) is 2. The number of nitrogens with zero attached hydrogens (tertiary/aromatic N) is 2. The minimum atomic E-state index is -0.839. The van der Waals surface area contributed by atoms with Gasteiger partial charge >= 0.3 is 0 Å². The largest absolute Gasteiger partial charge is 0.507 e. The average molecular weight is 276 g/mol. The topological polar surface area (TPSA) is 83.3 Å². The molecule has 0 aliphatic heterocycles. The van der Waals surface area contributed by atoms with E-state index in [0.717, 1.165) is 12.1 Å². The van der Waals surface area contributed by atoms with Crippen LogP contribution in [0.25, 0.3) is 11.3 Å². The summed E-state index contributed by atoms with van der Waals surface area (Å²) in [5.74, 6) is -1.03. The number of carbonyl (C=O) groups is 1. The number of carbonyl (C=O) groups excluding carboxylic acids is 1. The molecular weight excluding hydrogens is 263 g/mol. The molecule has 0 spiro atoms. The number of aliphatic hydroxyl groups is 1. The average Bonchev–Trinajstić information content (AvgIpc) is 2.41. The number of benzene rings is 1. The Hall–Kier alpha value is -2.34. The summed E-state index contributed by atoms with van der Waals surface area (Å²) in [6.07, 6.45) is 0.873. The van der Waals surface area contributed by atoms with Crippen molar-refractivity contribution in [3.63, 3.8) is 0 Å². The summed E-state index contributed by atoms with van der Waals surface area (Å²) in [6, 6.07) is 2.05. The molecule has 2 aromatic rings. The summed E-state index contributed by atoms with van der Waals surface area (Å²) < 4.78 is 13.9. The van der Waals surface area contributed by atoms with Gasteiger partial charge in [0.15, 0.2) is 6.29 Å². The lowest BCUT2D eigenvalue weighted by atomic mass is 10.1. The van der Waals surface area contributed by atoms with Gasteiger partial charge in [-0.3, -0.25) is 9.78 Å². The Morgan fingerprint density at radius 2 is 2.10 bits per heavy atom. The van der Waals surface area contributed by atoms with E-state index < -0.39 is 11.9 Å². The van der Waals surface area contributed by atoms with Crippen LogP contribution in [0.4, 0.5) is 4.39 Å². The molecule has 6 heteroatoms. The summed E-state index contributed by atoms with van der Waals surface area (Å²) in [7, 11) is 0. The normalized spacial score (nSPS) is 12.2.